The standard InChI is InChI=1S/C18H22N2O4S2/c1-2-24-15-7-3-6-14(12-15)13-19-18(21)16-8-4-10-20(16)26(22,23)17-9-5-11-25-17/h3,5-7,9,11-12,16H,2,4,8,10,13H2,1H3,(H,19,21). The number of hydrogen-bond donors (Lipinski definition) is 1. The quantitative estimate of drug-likeness (QED) is 0.783. The van der Waals surface area contributed by atoms with Crippen molar-refractivity contribution in [2.45, 2.75) is 36.6 Å². The summed E-state index contributed by atoms with van der Waals surface area (Å²) in [5.41, 5.74) is 0.912. The number of thiophene rings is 1. The molecule has 6 nitrogen and oxygen atoms in total. The van der Waals surface area contributed by atoms with Crippen LogP contribution in [0.2, 0.25) is 0 Å². The van der Waals surface area contributed by atoms with Crippen LogP contribution >= 0.6 is 11.3 Å². The van der Waals surface area contributed by atoms with Gasteiger partial charge in [0.25, 0.3) is 10.0 Å². The highest BCUT2D eigenvalue weighted by Crippen LogP contribution is 2.28. The van der Waals surface area contributed by atoms with Gasteiger partial charge in [0.15, 0.2) is 0 Å². The van der Waals surface area contributed by atoms with Gasteiger partial charge in [0.2, 0.25) is 5.91 Å². The summed E-state index contributed by atoms with van der Waals surface area (Å²) in [5, 5.41) is 4.59. The number of hydrogen-bond acceptors (Lipinski definition) is 5. The minimum Gasteiger partial charge on any atom is -0.494 e. The van der Waals surface area contributed by atoms with E-state index in [0.29, 0.717) is 32.5 Å². The maximum atomic E-state index is 12.7. The molecular weight excluding hydrogens is 372 g/mol. The van der Waals surface area contributed by atoms with Crippen LogP contribution < -0.4 is 10.1 Å². The number of ether oxygens (including phenoxy) is 1. The summed E-state index contributed by atoms with van der Waals surface area (Å²) in [7, 11) is -3.62. The predicted octanol–water partition coefficient (Wildman–Crippen LogP) is 2.62. The molecule has 1 N–H and O–H groups in total. The number of carbonyl (C=O) groups is 1. The summed E-state index contributed by atoms with van der Waals surface area (Å²) >= 11 is 1.17. The van der Waals surface area contributed by atoms with Crippen molar-refractivity contribution in [2.24, 2.45) is 0 Å². The van der Waals surface area contributed by atoms with Crippen molar-refractivity contribution in [3.05, 3.63) is 47.3 Å². The van der Waals surface area contributed by atoms with Crippen LogP contribution in [0.5, 0.6) is 5.75 Å². The lowest BCUT2D eigenvalue weighted by atomic mass is 10.2. The van der Waals surface area contributed by atoms with Crippen molar-refractivity contribution in [2.75, 3.05) is 13.2 Å². The summed E-state index contributed by atoms with van der Waals surface area (Å²) < 4.78 is 32.5. The fourth-order valence-electron chi connectivity index (χ4n) is 3.03. The Bertz CT molecular complexity index is 850. The average Bonchev–Trinajstić information content (AvgIpc) is 3.32. The van der Waals surface area contributed by atoms with Gasteiger partial charge in [0.1, 0.15) is 16.0 Å². The van der Waals surface area contributed by atoms with Gasteiger partial charge < -0.3 is 10.1 Å². The van der Waals surface area contributed by atoms with Gasteiger partial charge in [-0.3, -0.25) is 4.79 Å². The van der Waals surface area contributed by atoms with E-state index >= 15 is 0 Å². The van der Waals surface area contributed by atoms with Gasteiger partial charge in [0, 0.05) is 13.1 Å². The van der Waals surface area contributed by atoms with E-state index in [1.54, 1.807) is 17.5 Å². The lowest BCUT2D eigenvalue weighted by Crippen LogP contribution is -2.45. The summed E-state index contributed by atoms with van der Waals surface area (Å²) in [6, 6.07) is 10.1. The lowest BCUT2D eigenvalue weighted by Gasteiger charge is -2.22. The molecule has 0 spiro atoms. The van der Waals surface area contributed by atoms with E-state index in [4.69, 9.17) is 4.74 Å². The van der Waals surface area contributed by atoms with Crippen LogP contribution in [0.4, 0.5) is 0 Å². The SMILES string of the molecule is CCOc1cccc(CNC(=O)C2CCCN2S(=O)(=O)c2cccs2)c1. The zero-order chi connectivity index (χ0) is 18.6. The number of benzene rings is 1. The van der Waals surface area contributed by atoms with Gasteiger partial charge >= 0.3 is 0 Å². The third kappa shape index (κ3) is 4.08. The molecule has 140 valence electrons. The highest BCUT2D eigenvalue weighted by Gasteiger charge is 2.39. The van der Waals surface area contributed by atoms with Crippen LogP contribution in [-0.4, -0.2) is 37.8 Å². The van der Waals surface area contributed by atoms with Gasteiger partial charge in [-0.05, 0) is 48.9 Å². The molecule has 3 rings (SSSR count). The molecule has 0 aliphatic carbocycles. The van der Waals surface area contributed by atoms with Crippen LogP contribution in [-0.2, 0) is 21.4 Å². The van der Waals surface area contributed by atoms with E-state index in [1.807, 2.05) is 31.2 Å². The maximum absolute atomic E-state index is 12.7. The van der Waals surface area contributed by atoms with Crippen molar-refractivity contribution < 1.29 is 17.9 Å². The number of amides is 1. The minimum atomic E-state index is -3.62. The zero-order valence-electron chi connectivity index (χ0n) is 14.6. The van der Waals surface area contributed by atoms with Crippen LogP contribution in [0.15, 0.2) is 46.0 Å². The Balaban J connectivity index is 1.66. The highest BCUT2D eigenvalue weighted by molar-refractivity contribution is 7.91. The van der Waals surface area contributed by atoms with E-state index in [1.165, 1.54) is 15.6 Å². The Hall–Kier alpha value is -1.90. The summed E-state index contributed by atoms with van der Waals surface area (Å²) in [6.45, 7) is 3.20. The Morgan fingerprint density at radius 3 is 2.92 bits per heavy atom. The zero-order valence-corrected chi connectivity index (χ0v) is 16.2. The third-order valence-electron chi connectivity index (χ3n) is 4.24. The Labute approximate surface area is 157 Å². The van der Waals surface area contributed by atoms with E-state index in [2.05, 4.69) is 5.32 Å². The average molecular weight is 395 g/mol. The smallest absolute Gasteiger partial charge is 0.253 e. The fourth-order valence-corrected chi connectivity index (χ4v) is 5.81. The van der Waals surface area contributed by atoms with E-state index in [-0.39, 0.29) is 10.1 Å². The van der Waals surface area contributed by atoms with Gasteiger partial charge in [0.05, 0.1) is 6.61 Å². The number of sulfonamides is 1. The molecular formula is C18H22N2O4S2. The number of rotatable bonds is 7. The van der Waals surface area contributed by atoms with Gasteiger partial charge in [-0.2, -0.15) is 4.31 Å². The largest absolute Gasteiger partial charge is 0.494 e. The first-order valence-electron chi connectivity index (χ1n) is 8.57. The second-order valence-corrected chi connectivity index (χ2v) is 9.07. The number of nitrogens with one attached hydrogen (secondary N) is 1. The normalized spacial score (nSPS) is 18.0. The Morgan fingerprint density at radius 2 is 2.19 bits per heavy atom. The van der Waals surface area contributed by atoms with Crippen molar-refractivity contribution in [3.63, 3.8) is 0 Å². The molecule has 2 heterocycles. The molecule has 1 atom stereocenters. The minimum absolute atomic E-state index is 0.260. The molecule has 26 heavy (non-hydrogen) atoms. The molecule has 1 unspecified atom stereocenters. The van der Waals surface area contributed by atoms with E-state index in [0.717, 1.165) is 11.3 Å². The topological polar surface area (TPSA) is 75.7 Å². The molecule has 1 fully saturated rings. The molecule has 1 aromatic heterocycles. The molecule has 2 aromatic rings. The molecule has 0 radical (unpaired) electrons. The molecule has 0 saturated carbocycles. The molecule has 1 aliphatic heterocycles. The fraction of sp³-hybridized carbons (Fsp3) is 0.389. The van der Waals surface area contributed by atoms with Crippen LogP contribution in [0.25, 0.3) is 0 Å². The van der Waals surface area contributed by atoms with Crippen molar-refractivity contribution in [1.82, 2.24) is 9.62 Å². The second-order valence-electron chi connectivity index (χ2n) is 6.00. The van der Waals surface area contributed by atoms with Gasteiger partial charge in [-0.1, -0.05) is 18.2 Å². The van der Waals surface area contributed by atoms with Crippen molar-refractivity contribution in [1.29, 1.82) is 0 Å². The Morgan fingerprint density at radius 1 is 1.35 bits per heavy atom. The number of nitrogens with zero attached hydrogens (tertiary/aromatic N) is 1. The van der Waals surface area contributed by atoms with Crippen LogP contribution in [0.3, 0.4) is 0 Å². The highest BCUT2D eigenvalue weighted by atomic mass is 32.2. The summed E-state index contributed by atoms with van der Waals surface area (Å²) in [6.07, 6.45) is 1.22. The van der Waals surface area contributed by atoms with Crippen LogP contribution in [0, 0.1) is 0 Å². The summed E-state index contributed by atoms with van der Waals surface area (Å²) in [5.74, 6) is 0.492. The molecule has 1 aliphatic rings. The van der Waals surface area contributed by atoms with Gasteiger partial charge in [-0.25, -0.2) is 8.42 Å². The number of carbonyl (C=O) groups excluding carboxylic acids is 1. The van der Waals surface area contributed by atoms with E-state index < -0.39 is 16.1 Å². The van der Waals surface area contributed by atoms with Crippen molar-refractivity contribution in [3.8, 4) is 5.75 Å². The first-order chi connectivity index (χ1) is 12.5. The Kier molecular flexibility index (Phi) is 5.95. The van der Waals surface area contributed by atoms with Crippen LogP contribution in [0.1, 0.15) is 25.3 Å². The third-order valence-corrected chi connectivity index (χ3v) is 7.52. The summed E-state index contributed by atoms with van der Waals surface area (Å²) in [4.78, 5) is 12.6. The van der Waals surface area contributed by atoms with Gasteiger partial charge in [-0.15, -0.1) is 11.3 Å². The molecule has 1 amide bonds. The molecule has 1 aromatic carbocycles. The monoisotopic (exact) mass is 394 g/mol. The maximum Gasteiger partial charge on any atom is 0.253 e. The second kappa shape index (κ2) is 8.20. The van der Waals surface area contributed by atoms with E-state index in [9.17, 15) is 13.2 Å². The molecule has 1 saturated heterocycles. The molecule has 0 bridgehead atoms. The first-order valence-corrected chi connectivity index (χ1v) is 10.9. The first kappa shape index (κ1) is 18.9. The molecule has 8 heteroatoms. The predicted molar refractivity (Wildman–Crippen MR) is 101 cm³/mol. The van der Waals surface area contributed by atoms with Crippen molar-refractivity contribution >= 4 is 27.3 Å². The lowest BCUT2D eigenvalue weighted by molar-refractivity contribution is -0.124.